The lowest BCUT2D eigenvalue weighted by Gasteiger charge is -2.17. The van der Waals surface area contributed by atoms with Crippen molar-refractivity contribution in [1.82, 2.24) is 5.32 Å². The smallest absolute Gasteiger partial charge is 0.408 e. The summed E-state index contributed by atoms with van der Waals surface area (Å²) in [5.41, 5.74) is 2.24. The Morgan fingerprint density at radius 3 is 2.03 bits per heavy atom. The molecule has 3 rings (SSSR count). The van der Waals surface area contributed by atoms with Crippen LogP contribution in [0.5, 0.6) is 0 Å². The number of ether oxygens (including phenoxy) is 2. The lowest BCUT2D eigenvalue weighted by molar-refractivity contribution is -0.143. The number of amides is 2. The highest BCUT2D eigenvalue weighted by atomic mass is 19.3. The van der Waals surface area contributed by atoms with Crippen LogP contribution in [-0.2, 0) is 38.5 Å². The maximum atomic E-state index is 13.0. The predicted molar refractivity (Wildman–Crippen MR) is 129 cm³/mol. The first-order valence-corrected chi connectivity index (χ1v) is 11.2. The quantitative estimate of drug-likeness (QED) is 0.373. The van der Waals surface area contributed by atoms with Gasteiger partial charge in [0.15, 0.2) is 0 Å². The van der Waals surface area contributed by atoms with Crippen molar-refractivity contribution in [2.45, 2.75) is 31.9 Å². The molecule has 0 saturated carbocycles. The molecule has 1 atom stereocenters. The number of carbonyl (C=O) groups is 3. The average molecular weight is 515 g/mol. The molecule has 1 unspecified atom stereocenters. The number of hydrogen-bond donors (Lipinski definition) is 2. The summed E-state index contributed by atoms with van der Waals surface area (Å²) in [6.07, 6.45) is -3.36. The van der Waals surface area contributed by atoms with E-state index in [0.717, 1.165) is 0 Å². The molecule has 194 valence electrons. The Morgan fingerprint density at radius 1 is 0.838 bits per heavy atom. The van der Waals surface area contributed by atoms with Crippen LogP contribution >= 0.6 is 0 Å². The highest BCUT2D eigenvalue weighted by Gasteiger charge is 2.23. The van der Waals surface area contributed by atoms with Crippen molar-refractivity contribution in [2.24, 2.45) is 0 Å². The SMILES string of the molecule is COC(=O)C(Cc1ccc(C(F)F)cc1)NC(=O)OCc1ccc(NC(=O)Cc2ccc(F)cc2)cc1. The second-order valence-electron chi connectivity index (χ2n) is 8.09. The maximum Gasteiger partial charge on any atom is 0.408 e. The zero-order chi connectivity index (χ0) is 26.8. The van der Waals surface area contributed by atoms with Crippen LogP contribution in [0, 0.1) is 5.82 Å². The standard InChI is InChI=1S/C27H25F3N2O5/c1-36-26(34)23(14-17-2-8-20(9-3-17)25(29)30)32-27(35)37-16-19-6-12-22(13-7-19)31-24(33)15-18-4-10-21(28)11-5-18/h2-13,23,25H,14-16H2,1H3,(H,31,33)(H,32,35). The molecule has 7 nitrogen and oxygen atoms in total. The topological polar surface area (TPSA) is 93.7 Å². The lowest BCUT2D eigenvalue weighted by atomic mass is 10.0. The fourth-order valence-corrected chi connectivity index (χ4v) is 3.38. The Labute approximate surface area is 211 Å². The summed E-state index contributed by atoms with van der Waals surface area (Å²) in [6.45, 7) is -0.105. The van der Waals surface area contributed by atoms with Crippen LogP contribution in [0.2, 0.25) is 0 Å². The molecule has 3 aromatic rings. The highest BCUT2D eigenvalue weighted by molar-refractivity contribution is 5.92. The van der Waals surface area contributed by atoms with Gasteiger partial charge in [-0.1, -0.05) is 48.5 Å². The molecular weight excluding hydrogens is 489 g/mol. The van der Waals surface area contributed by atoms with Crippen LogP contribution < -0.4 is 10.6 Å². The molecule has 0 saturated heterocycles. The summed E-state index contributed by atoms with van der Waals surface area (Å²) < 4.78 is 48.3. The molecule has 0 spiro atoms. The van der Waals surface area contributed by atoms with Crippen molar-refractivity contribution in [3.8, 4) is 0 Å². The number of halogens is 3. The van der Waals surface area contributed by atoms with Gasteiger partial charge in [-0.25, -0.2) is 22.8 Å². The normalized spacial score (nSPS) is 11.5. The van der Waals surface area contributed by atoms with Gasteiger partial charge >= 0.3 is 12.1 Å². The van der Waals surface area contributed by atoms with E-state index in [-0.39, 0.29) is 36.7 Å². The Morgan fingerprint density at radius 2 is 1.43 bits per heavy atom. The molecule has 2 N–H and O–H groups in total. The third kappa shape index (κ3) is 8.68. The number of alkyl halides is 2. The van der Waals surface area contributed by atoms with Crippen LogP contribution in [0.15, 0.2) is 72.8 Å². The van der Waals surface area contributed by atoms with Crippen LogP contribution in [0.25, 0.3) is 0 Å². The number of rotatable bonds is 10. The van der Waals surface area contributed by atoms with E-state index in [2.05, 4.69) is 10.6 Å². The highest BCUT2D eigenvalue weighted by Crippen LogP contribution is 2.19. The second kappa shape index (κ2) is 13.1. The molecule has 37 heavy (non-hydrogen) atoms. The summed E-state index contributed by atoms with van der Waals surface area (Å²) in [5.74, 6) is -1.36. The van der Waals surface area contributed by atoms with Crippen molar-refractivity contribution in [1.29, 1.82) is 0 Å². The minimum absolute atomic E-state index is 0.0254. The van der Waals surface area contributed by atoms with E-state index in [9.17, 15) is 27.6 Å². The third-order valence-corrected chi connectivity index (χ3v) is 5.33. The van der Waals surface area contributed by atoms with Gasteiger partial charge in [0.1, 0.15) is 18.5 Å². The van der Waals surface area contributed by atoms with E-state index in [0.29, 0.717) is 22.4 Å². The first kappa shape index (κ1) is 27.3. The van der Waals surface area contributed by atoms with Crippen molar-refractivity contribution in [3.63, 3.8) is 0 Å². The number of anilines is 1. The molecule has 3 aromatic carbocycles. The number of benzene rings is 3. The minimum Gasteiger partial charge on any atom is -0.467 e. The van der Waals surface area contributed by atoms with Crippen molar-refractivity contribution in [2.75, 3.05) is 12.4 Å². The third-order valence-electron chi connectivity index (χ3n) is 5.33. The molecule has 0 bridgehead atoms. The second-order valence-corrected chi connectivity index (χ2v) is 8.09. The molecule has 0 radical (unpaired) electrons. The summed E-state index contributed by atoms with van der Waals surface area (Å²) in [4.78, 5) is 36.5. The molecule has 0 aliphatic carbocycles. The average Bonchev–Trinajstić information content (AvgIpc) is 2.89. The summed E-state index contributed by atoms with van der Waals surface area (Å²) in [7, 11) is 1.17. The molecule has 0 fully saturated rings. The first-order valence-electron chi connectivity index (χ1n) is 11.2. The van der Waals surface area contributed by atoms with Gasteiger partial charge in [0.2, 0.25) is 5.91 Å². The fourth-order valence-electron chi connectivity index (χ4n) is 3.38. The largest absolute Gasteiger partial charge is 0.467 e. The summed E-state index contributed by atoms with van der Waals surface area (Å²) >= 11 is 0. The summed E-state index contributed by atoms with van der Waals surface area (Å²) in [5, 5.41) is 5.15. The van der Waals surface area contributed by atoms with Crippen molar-refractivity contribution >= 4 is 23.7 Å². The van der Waals surface area contributed by atoms with Crippen molar-refractivity contribution in [3.05, 3.63) is 101 Å². The van der Waals surface area contributed by atoms with Gasteiger partial charge in [-0.3, -0.25) is 4.79 Å². The van der Waals surface area contributed by atoms with Gasteiger partial charge in [-0.2, -0.15) is 0 Å². The Balaban J connectivity index is 1.49. The van der Waals surface area contributed by atoms with E-state index in [1.165, 1.54) is 55.6 Å². The Bertz CT molecular complexity index is 1200. The molecule has 10 heteroatoms. The van der Waals surface area contributed by atoms with E-state index in [4.69, 9.17) is 9.47 Å². The van der Waals surface area contributed by atoms with Gasteiger partial charge in [0.25, 0.3) is 6.43 Å². The number of methoxy groups -OCH3 is 1. The molecule has 0 heterocycles. The Hall–Kier alpha value is -4.34. The number of carbonyl (C=O) groups excluding carboxylic acids is 3. The summed E-state index contributed by atoms with van der Waals surface area (Å²) in [6, 6.07) is 16.6. The molecular formula is C27H25F3N2O5. The van der Waals surface area contributed by atoms with Crippen LogP contribution in [0.4, 0.5) is 23.7 Å². The van der Waals surface area contributed by atoms with Gasteiger partial charge in [-0.05, 0) is 41.0 Å². The van der Waals surface area contributed by atoms with Gasteiger partial charge in [-0.15, -0.1) is 0 Å². The van der Waals surface area contributed by atoms with E-state index < -0.39 is 24.5 Å². The monoisotopic (exact) mass is 514 g/mol. The minimum atomic E-state index is -2.61. The van der Waals surface area contributed by atoms with Crippen LogP contribution in [-0.4, -0.2) is 31.1 Å². The van der Waals surface area contributed by atoms with Crippen LogP contribution in [0.3, 0.4) is 0 Å². The number of alkyl carbamates (subject to hydrolysis) is 1. The zero-order valence-corrected chi connectivity index (χ0v) is 19.9. The molecule has 0 aromatic heterocycles. The number of esters is 1. The van der Waals surface area contributed by atoms with E-state index >= 15 is 0 Å². The van der Waals surface area contributed by atoms with Gasteiger partial charge < -0.3 is 20.1 Å². The van der Waals surface area contributed by atoms with Gasteiger partial charge in [0.05, 0.1) is 13.5 Å². The Kier molecular flexibility index (Phi) is 9.65. The van der Waals surface area contributed by atoms with Crippen molar-refractivity contribution < 1.29 is 37.0 Å². The zero-order valence-electron chi connectivity index (χ0n) is 19.9. The molecule has 0 aliphatic rings. The molecule has 2 amide bonds. The first-order chi connectivity index (χ1) is 17.7. The van der Waals surface area contributed by atoms with Crippen LogP contribution in [0.1, 0.15) is 28.7 Å². The lowest BCUT2D eigenvalue weighted by Crippen LogP contribution is -2.43. The van der Waals surface area contributed by atoms with E-state index in [1.54, 1.807) is 24.3 Å². The molecule has 0 aliphatic heterocycles. The number of hydrogen-bond acceptors (Lipinski definition) is 5. The predicted octanol–water partition coefficient (Wildman–Crippen LogP) is 4.96. The maximum absolute atomic E-state index is 13.0. The van der Waals surface area contributed by atoms with Gasteiger partial charge in [0, 0.05) is 17.7 Å². The fraction of sp³-hybridized carbons (Fsp3) is 0.222. The number of nitrogens with one attached hydrogen (secondary N) is 2. The van der Waals surface area contributed by atoms with E-state index in [1.807, 2.05) is 0 Å².